The Morgan fingerprint density at radius 1 is 0.963 bits per heavy atom. The maximum Gasteiger partial charge on any atom is 0.253 e. The summed E-state index contributed by atoms with van der Waals surface area (Å²) in [4.78, 5) is 28.1. The van der Waals surface area contributed by atoms with Crippen LogP contribution in [0.1, 0.15) is 21.5 Å². The summed E-state index contributed by atoms with van der Waals surface area (Å²) >= 11 is 0. The molecule has 0 spiro atoms. The predicted octanol–water partition coefficient (Wildman–Crippen LogP) is 3.66. The van der Waals surface area contributed by atoms with Gasteiger partial charge in [0.05, 0.1) is 5.56 Å². The molecule has 0 aliphatic heterocycles. The van der Waals surface area contributed by atoms with Gasteiger partial charge >= 0.3 is 0 Å². The highest BCUT2D eigenvalue weighted by Gasteiger charge is 2.05. The minimum atomic E-state index is -0.213. The van der Waals surface area contributed by atoms with Gasteiger partial charge in [0.15, 0.2) is 0 Å². The monoisotopic (exact) mass is 357 g/mol. The number of aromatic nitrogens is 1. The highest BCUT2D eigenvalue weighted by atomic mass is 16.2. The van der Waals surface area contributed by atoms with Gasteiger partial charge in [0, 0.05) is 30.7 Å². The van der Waals surface area contributed by atoms with Gasteiger partial charge in [-0.15, -0.1) is 0 Å². The van der Waals surface area contributed by atoms with E-state index >= 15 is 0 Å². The summed E-state index contributed by atoms with van der Waals surface area (Å²) in [5.41, 5.74) is 3.02. The number of carbonyl (C=O) groups excluding carboxylic acids is 2. The van der Waals surface area contributed by atoms with E-state index in [2.05, 4.69) is 15.6 Å². The molecule has 0 bridgehead atoms. The third-order valence-corrected chi connectivity index (χ3v) is 3.80. The van der Waals surface area contributed by atoms with Crippen molar-refractivity contribution in [2.45, 2.75) is 6.54 Å². The maximum absolute atomic E-state index is 12.1. The Morgan fingerprint density at radius 3 is 2.59 bits per heavy atom. The molecule has 3 aromatic rings. The van der Waals surface area contributed by atoms with E-state index in [9.17, 15) is 9.59 Å². The van der Waals surface area contributed by atoms with Gasteiger partial charge in [0.2, 0.25) is 5.91 Å². The van der Waals surface area contributed by atoms with Crippen molar-refractivity contribution < 1.29 is 9.59 Å². The number of benzene rings is 2. The first kappa shape index (κ1) is 18.1. The molecule has 0 saturated heterocycles. The van der Waals surface area contributed by atoms with E-state index in [0.29, 0.717) is 17.8 Å². The van der Waals surface area contributed by atoms with Crippen LogP contribution in [0.4, 0.5) is 5.69 Å². The smallest absolute Gasteiger partial charge is 0.253 e. The van der Waals surface area contributed by atoms with Crippen LogP contribution in [0.15, 0.2) is 85.2 Å². The number of amides is 2. The average molecular weight is 357 g/mol. The first-order valence-corrected chi connectivity index (χ1v) is 8.52. The summed E-state index contributed by atoms with van der Waals surface area (Å²) in [5.74, 6) is -0.404. The second-order valence-electron chi connectivity index (χ2n) is 5.86. The van der Waals surface area contributed by atoms with Crippen LogP contribution < -0.4 is 10.6 Å². The fourth-order valence-electron chi connectivity index (χ4n) is 2.46. The third kappa shape index (κ3) is 5.64. The van der Waals surface area contributed by atoms with Gasteiger partial charge in [0.25, 0.3) is 5.91 Å². The zero-order chi connectivity index (χ0) is 18.9. The van der Waals surface area contributed by atoms with Crippen LogP contribution in [-0.2, 0) is 11.3 Å². The quantitative estimate of drug-likeness (QED) is 0.661. The van der Waals surface area contributed by atoms with Crippen molar-refractivity contribution in [1.82, 2.24) is 10.3 Å². The zero-order valence-electron chi connectivity index (χ0n) is 14.6. The molecule has 1 heterocycles. The Bertz CT molecular complexity index is 938. The first-order valence-electron chi connectivity index (χ1n) is 8.52. The van der Waals surface area contributed by atoms with Gasteiger partial charge in [-0.25, -0.2) is 0 Å². The molecule has 0 aliphatic carbocycles. The van der Waals surface area contributed by atoms with Gasteiger partial charge in [-0.2, -0.15) is 0 Å². The molecule has 1 aromatic heterocycles. The van der Waals surface area contributed by atoms with Gasteiger partial charge in [-0.3, -0.25) is 14.6 Å². The van der Waals surface area contributed by atoms with Gasteiger partial charge in [0.1, 0.15) is 0 Å². The summed E-state index contributed by atoms with van der Waals surface area (Å²) in [6.45, 7) is 0.358. The highest BCUT2D eigenvalue weighted by Crippen LogP contribution is 2.11. The normalized spacial score (nSPS) is 10.5. The first-order chi connectivity index (χ1) is 13.2. The van der Waals surface area contributed by atoms with Crippen molar-refractivity contribution >= 4 is 23.6 Å². The van der Waals surface area contributed by atoms with Crippen LogP contribution in [0, 0.1) is 0 Å². The molecule has 27 heavy (non-hydrogen) atoms. The number of carbonyl (C=O) groups is 2. The second kappa shape index (κ2) is 9.10. The Kier molecular flexibility index (Phi) is 6.09. The summed E-state index contributed by atoms with van der Waals surface area (Å²) in [6, 6.07) is 20.4. The van der Waals surface area contributed by atoms with E-state index in [1.807, 2.05) is 48.5 Å². The van der Waals surface area contributed by atoms with Crippen LogP contribution in [0.2, 0.25) is 0 Å². The molecule has 5 nitrogen and oxygen atoms in total. The SMILES string of the molecule is O=C(/C=C/c1ccccc1)Nc1cccc(CNC(=O)c2cccnc2)c1. The fourth-order valence-corrected chi connectivity index (χ4v) is 2.46. The predicted molar refractivity (Wildman–Crippen MR) is 106 cm³/mol. The molecule has 134 valence electrons. The molecule has 3 rings (SSSR count). The number of anilines is 1. The molecular weight excluding hydrogens is 338 g/mol. The van der Waals surface area contributed by atoms with E-state index in [1.165, 1.54) is 12.3 Å². The molecule has 0 aliphatic rings. The molecular formula is C22H19N3O2. The molecule has 0 radical (unpaired) electrons. The summed E-state index contributed by atoms with van der Waals surface area (Å²) < 4.78 is 0. The molecule has 2 amide bonds. The van der Waals surface area contributed by atoms with E-state index in [1.54, 1.807) is 30.5 Å². The summed E-state index contributed by atoms with van der Waals surface area (Å²) in [6.07, 6.45) is 6.39. The lowest BCUT2D eigenvalue weighted by atomic mass is 10.2. The van der Waals surface area contributed by atoms with Crippen molar-refractivity contribution in [3.05, 3.63) is 102 Å². The lowest BCUT2D eigenvalue weighted by Crippen LogP contribution is -2.22. The molecule has 0 saturated carbocycles. The highest BCUT2D eigenvalue weighted by molar-refractivity contribution is 6.02. The van der Waals surface area contributed by atoms with Crippen LogP contribution in [0.25, 0.3) is 6.08 Å². The van der Waals surface area contributed by atoms with Gasteiger partial charge < -0.3 is 10.6 Å². The minimum absolute atomic E-state index is 0.191. The van der Waals surface area contributed by atoms with Crippen molar-refractivity contribution in [1.29, 1.82) is 0 Å². The van der Waals surface area contributed by atoms with E-state index in [-0.39, 0.29) is 11.8 Å². The van der Waals surface area contributed by atoms with E-state index in [0.717, 1.165) is 11.1 Å². The Labute approximate surface area is 157 Å². The van der Waals surface area contributed by atoms with Crippen molar-refractivity contribution in [2.75, 3.05) is 5.32 Å². The van der Waals surface area contributed by atoms with Crippen LogP contribution >= 0.6 is 0 Å². The second-order valence-corrected chi connectivity index (χ2v) is 5.86. The van der Waals surface area contributed by atoms with Crippen molar-refractivity contribution in [3.63, 3.8) is 0 Å². The minimum Gasteiger partial charge on any atom is -0.348 e. The fraction of sp³-hybridized carbons (Fsp3) is 0.0455. The number of hydrogen-bond acceptors (Lipinski definition) is 3. The molecule has 0 fully saturated rings. The largest absolute Gasteiger partial charge is 0.348 e. The van der Waals surface area contributed by atoms with Crippen molar-refractivity contribution in [3.8, 4) is 0 Å². The standard InChI is InChI=1S/C22H19N3O2/c26-21(12-11-17-6-2-1-3-7-17)25-20-10-4-8-18(14-20)15-24-22(27)19-9-5-13-23-16-19/h1-14,16H,15H2,(H,24,27)(H,25,26)/b12-11+. The third-order valence-electron chi connectivity index (χ3n) is 3.80. The number of nitrogens with one attached hydrogen (secondary N) is 2. The topological polar surface area (TPSA) is 71.1 Å². The van der Waals surface area contributed by atoms with Crippen LogP contribution in [0.3, 0.4) is 0 Å². The van der Waals surface area contributed by atoms with E-state index < -0.39 is 0 Å². The van der Waals surface area contributed by atoms with Crippen molar-refractivity contribution in [2.24, 2.45) is 0 Å². The van der Waals surface area contributed by atoms with Gasteiger partial charge in [-0.05, 0) is 41.5 Å². The van der Waals surface area contributed by atoms with Gasteiger partial charge in [-0.1, -0.05) is 42.5 Å². The lowest BCUT2D eigenvalue weighted by Gasteiger charge is -2.08. The average Bonchev–Trinajstić information content (AvgIpc) is 2.72. The zero-order valence-corrected chi connectivity index (χ0v) is 14.6. The number of pyridine rings is 1. The maximum atomic E-state index is 12.1. The summed E-state index contributed by atoms with van der Waals surface area (Å²) in [7, 11) is 0. The molecule has 2 aromatic carbocycles. The molecule has 5 heteroatoms. The lowest BCUT2D eigenvalue weighted by molar-refractivity contribution is -0.111. The van der Waals surface area contributed by atoms with Crippen LogP contribution in [-0.4, -0.2) is 16.8 Å². The number of hydrogen-bond donors (Lipinski definition) is 2. The Hall–Kier alpha value is -3.73. The Morgan fingerprint density at radius 2 is 1.81 bits per heavy atom. The molecule has 0 atom stereocenters. The number of rotatable bonds is 6. The number of nitrogens with zero attached hydrogens (tertiary/aromatic N) is 1. The molecule has 0 unspecified atom stereocenters. The summed E-state index contributed by atoms with van der Waals surface area (Å²) in [5, 5.41) is 5.66. The van der Waals surface area contributed by atoms with E-state index in [4.69, 9.17) is 0 Å². The Balaban J connectivity index is 1.56. The molecule has 2 N–H and O–H groups in total. The van der Waals surface area contributed by atoms with Crippen LogP contribution in [0.5, 0.6) is 0 Å².